The molecular formula is C28H34N6O4. The van der Waals surface area contributed by atoms with Gasteiger partial charge >= 0.3 is 5.69 Å². The number of aryl methyl sites for hydroxylation is 2. The molecule has 0 bridgehead atoms. The van der Waals surface area contributed by atoms with E-state index in [2.05, 4.69) is 15.7 Å². The van der Waals surface area contributed by atoms with Gasteiger partial charge in [0.05, 0.1) is 10.9 Å². The Morgan fingerprint density at radius 2 is 1.74 bits per heavy atom. The van der Waals surface area contributed by atoms with Gasteiger partial charge in [0.15, 0.2) is 0 Å². The second-order valence-electron chi connectivity index (χ2n) is 10.4. The molecule has 10 nitrogen and oxygen atoms in total. The van der Waals surface area contributed by atoms with Gasteiger partial charge in [-0.15, -0.1) is 5.10 Å². The van der Waals surface area contributed by atoms with Crippen molar-refractivity contribution < 1.29 is 9.59 Å². The summed E-state index contributed by atoms with van der Waals surface area (Å²) in [5.41, 5.74) is 1.27. The Kier molecular flexibility index (Phi) is 7.80. The zero-order chi connectivity index (χ0) is 27.6. The number of nitrogens with zero attached hydrogens (tertiary/aromatic N) is 4. The summed E-state index contributed by atoms with van der Waals surface area (Å²) in [5, 5.41) is 10.4. The number of hydrogen-bond acceptors (Lipinski definition) is 5. The van der Waals surface area contributed by atoms with Crippen molar-refractivity contribution in [1.82, 2.24) is 24.1 Å². The van der Waals surface area contributed by atoms with E-state index in [1.54, 1.807) is 18.2 Å². The number of para-hydroxylation sites is 1. The van der Waals surface area contributed by atoms with Crippen LogP contribution in [0.15, 0.2) is 52.1 Å². The monoisotopic (exact) mass is 518 g/mol. The number of nitrogens with one attached hydrogen (secondary N) is 2. The lowest BCUT2D eigenvalue weighted by Gasteiger charge is -2.12. The Hall–Kier alpha value is -4.21. The highest BCUT2D eigenvalue weighted by molar-refractivity contribution is 5.98. The fraction of sp³-hybridized carbons (Fsp3) is 0.393. The standard InChI is InChI=1S/C28H34N6O4/c1-17(2)12-13-32-26(37)21-11-10-20(25(36)29-15-18(3)4)14-23(21)34-27(32)31-33(28(34)38)16-24(35)30-22-9-7-6-8-19(22)5/h6-11,14,17-18H,12-13,15-16H2,1-5H3,(H,29,36)(H,30,35). The van der Waals surface area contributed by atoms with E-state index in [9.17, 15) is 19.2 Å². The predicted octanol–water partition coefficient (Wildman–Crippen LogP) is 3.19. The summed E-state index contributed by atoms with van der Waals surface area (Å²) >= 11 is 0. The fourth-order valence-corrected chi connectivity index (χ4v) is 4.19. The van der Waals surface area contributed by atoms with Crippen LogP contribution < -0.4 is 21.9 Å². The van der Waals surface area contributed by atoms with Crippen molar-refractivity contribution in [3.8, 4) is 0 Å². The normalized spacial score (nSPS) is 11.6. The maximum absolute atomic E-state index is 13.6. The molecule has 0 atom stereocenters. The third-order valence-corrected chi connectivity index (χ3v) is 6.35. The van der Waals surface area contributed by atoms with Gasteiger partial charge in [-0.3, -0.25) is 19.0 Å². The van der Waals surface area contributed by atoms with Crippen LogP contribution in [0.2, 0.25) is 0 Å². The smallest absolute Gasteiger partial charge is 0.352 e. The van der Waals surface area contributed by atoms with Crippen LogP contribution in [0.5, 0.6) is 0 Å². The third-order valence-electron chi connectivity index (χ3n) is 6.35. The fourth-order valence-electron chi connectivity index (χ4n) is 4.19. The van der Waals surface area contributed by atoms with Gasteiger partial charge in [-0.2, -0.15) is 0 Å². The van der Waals surface area contributed by atoms with Crippen molar-refractivity contribution in [3.05, 3.63) is 74.4 Å². The molecule has 2 aromatic carbocycles. The van der Waals surface area contributed by atoms with E-state index < -0.39 is 11.6 Å². The lowest BCUT2D eigenvalue weighted by atomic mass is 10.1. The van der Waals surface area contributed by atoms with Gasteiger partial charge < -0.3 is 10.6 Å². The summed E-state index contributed by atoms with van der Waals surface area (Å²) in [7, 11) is 0. The second-order valence-corrected chi connectivity index (χ2v) is 10.4. The van der Waals surface area contributed by atoms with Crippen molar-refractivity contribution in [2.24, 2.45) is 11.8 Å². The summed E-state index contributed by atoms with van der Waals surface area (Å²) in [5.74, 6) is 0.00984. The first-order chi connectivity index (χ1) is 18.1. The number of carbonyl (C=O) groups excluding carboxylic acids is 2. The van der Waals surface area contributed by atoms with Gasteiger partial charge in [0.1, 0.15) is 6.54 Å². The molecule has 200 valence electrons. The van der Waals surface area contributed by atoms with Crippen LogP contribution in [0.3, 0.4) is 0 Å². The van der Waals surface area contributed by atoms with Crippen molar-refractivity contribution in [3.63, 3.8) is 0 Å². The van der Waals surface area contributed by atoms with Crippen LogP contribution in [-0.2, 0) is 17.9 Å². The molecule has 10 heteroatoms. The lowest BCUT2D eigenvalue weighted by Crippen LogP contribution is -2.30. The van der Waals surface area contributed by atoms with E-state index in [4.69, 9.17) is 0 Å². The Bertz CT molecular complexity index is 1630. The van der Waals surface area contributed by atoms with Gasteiger partial charge in [0.25, 0.3) is 11.5 Å². The topological polar surface area (TPSA) is 120 Å². The minimum atomic E-state index is -0.567. The first kappa shape index (κ1) is 26.8. The molecule has 2 N–H and O–H groups in total. The van der Waals surface area contributed by atoms with E-state index in [-0.39, 0.29) is 35.2 Å². The van der Waals surface area contributed by atoms with Crippen molar-refractivity contribution in [2.75, 3.05) is 11.9 Å². The largest absolute Gasteiger partial charge is 0.352 e. The van der Waals surface area contributed by atoms with Crippen LogP contribution in [0, 0.1) is 18.8 Å². The number of rotatable bonds is 9. The molecule has 0 aliphatic rings. The third kappa shape index (κ3) is 5.53. The number of fused-ring (bicyclic) bond motifs is 3. The number of amides is 2. The van der Waals surface area contributed by atoms with E-state index >= 15 is 0 Å². The zero-order valence-corrected chi connectivity index (χ0v) is 22.4. The second kappa shape index (κ2) is 11.0. The molecule has 2 heterocycles. The minimum absolute atomic E-state index is 0.136. The van der Waals surface area contributed by atoms with Gasteiger partial charge in [0.2, 0.25) is 11.7 Å². The number of benzene rings is 2. The summed E-state index contributed by atoms with van der Waals surface area (Å²) in [6.07, 6.45) is 0.700. The van der Waals surface area contributed by atoms with Crippen LogP contribution in [0.25, 0.3) is 16.7 Å². The Morgan fingerprint density at radius 3 is 2.42 bits per heavy atom. The Balaban J connectivity index is 1.82. The first-order valence-electron chi connectivity index (χ1n) is 12.9. The highest BCUT2D eigenvalue weighted by atomic mass is 16.2. The van der Waals surface area contributed by atoms with Crippen molar-refractivity contribution in [2.45, 2.75) is 54.1 Å². The summed E-state index contributed by atoms with van der Waals surface area (Å²) in [6, 6.07) is 12.0. The van der Waals surface area contributed by atoms with Gasteiger partial charge in [0, 0.05) is 24.3 Å². The molecule has 38 heavy (non-hydrogen) atoms. The number of carbonyl (C=O) groups is 2. The predicted molar refractivity (Wildman–Crippen MR) is 148 cm³/mol. The average Bonchev–Trinajstić information content (AvgIpc) is 3.18. The molecule has 0 saturated carbocycles. The molecular weight excluding hydrogens is 484 g/mol. The molecule has 4 rings (SSSR count). The van der Waals surface area contributed by atoms with Crippen LogP contribution in [0.1, 0.15) is 50.0 Å². The number of aromatic nitrogens is 4. The van der Waals surface area contributed by atoms with Crippen LogP contribution >= 0.6 is 0 Å². The molecule has 0 spiro atoms. The SMILES string of the molecule is Cc1ccccc1NC(=O)Cn1nc2n(CCC(C)C)c(=O)c3ccc(C(=O)NCC(C)C)cc3n2c1=O. The Labute approximate surface area is 220 Å². The van der Waals surface area contributed by atoms with Crippen molar-refractivity contribution in [1.29, 1.82) is 0 Å². The van der Waals surface area contributed by atoms with E-state index in [1.807, 2.05) is 52.8 Å². The zero-order valence-electron chi connectivity index (χ0n) is 22.4. The quantitative estimate of drug-likeness (QED) is 0.353. The van der Waals surface area contributed by atoms with Crippen LogP contribution in [-0.4, -0.2) is 37.1 Å². The van der Waals surface area contributed by atoms with E-state index in [0.29, 0.717) is 42.1 Å². The lowest BCUT2D eigenvalue weighted by molar-refractivity contribution is -0.117. The van der Waals surface area contributed by atoms with Gasteiger partial charge in [-0.1, -0.05) is 45.9 Å². The first-order valence-corrected chi connectivity index (χ1v) is 12.9. The molecule has 2 amide bonds. The highest BCUT2D eigenvalue weighted by Gasteiger charge is 2.20. The molecule has 2 aromatic heterocycles. The molecule has 0 aliphatic heterocycles. The van der Waals surface area contributed by atoms with Gasteiger partial charge in [-0.05, 0) is 55.0 Å². The van der Waals surface area contributed by atoms with Crippen molar-refractivity contribution >= 4 is 34.2 Å². The minimum Gasteiger partial charge on any atom is -0.352 e. The summed E-state index contributed by atoms with van der Waals surface area (Å²) < 4.78 is 3.84. The average molecular weight is 519 g/mol. The number of anilines is 1. The van der Waals surface area contributed by atoms with E-state index in [0.717, 1.165) is 10.2 Å². The van der Waals surface area contributed by atoms with Crippen LogP contribution in [0.4, 0.5) is 5.69 Å². The van der Waals surface area contributed by atoms with Gasteiger partial charge in [-0.25, -0.2) is 13.9 Å². The van der Waals surface area contributed by atoms with E-state index in [1.165, 1.54) is 15.0 Å². The summed E-state index contributed by atoms with van der Waals surface area (Å²) in [4.78, 5) is 52.6. The molecule has 4 aromatic rings. The number of hydrogen-bond donors (Lipinski definition) is 2. The highest BCUT2D eigenvalue weighted by Crippen LogP contribution is 2.16. The molecule has 0 aliphatic carbocycles. The Morgan fingerprint density at radius 1 is 1.00 bits per heavy atom. The molecule has 0 saturated heterocycles. The molecule has 0 unspecified atom stereocenters. The molecule has 0 radical (unpaired) electrons. The summed E-state index contributed by atoms with van der Waals surface area (Å²) in [6.45, 7) is 10.5. The molecule has 0 fully saturated rings. The maximum Gasteiger partial charge on any atom is 0.352 e. The maximum atomic E-state index is 13.6.